The second-order valence-corrected chi connectivity index (χ2v) is 5.09. The number of thiophene rings is 1. The number of halogens is 1. The van der Waals surface area contributed by atoms with E-state index in [4.69, 9.17) is 5.73 Å². The molecule has 18 heavy (non-hydrogen) atoms. The third kappa shape index (κ3) is 2.02. The first-order valence-corrected chi connectivity index (χ1v) is 6.35. The van der Waals surface area contributed by atoms with Crippen molar-refractivity contribution in [2.45, 2.75) is 0 Å². The van der Waals surface area contributed by atoms with E-state index in [0.717, 1.165) is 10.7 Å². The van der Waals surface area contributed by atoms with Crippen molar-refractivity contribution in [1.29, 1.82) is 0 Å². The van der Waals surface area contributed by atoms with E-state index in [1.54, 1.807) is 17.4 Å². The van der Waals surface area contributed by atoms with Crippen LogP contribution in [0, 0.1) is 5.82 Å². The van der Waals surface area contributed by atoms with Gasteiger partial charge < -0.3 is 11.1 Å². The lowest BCUT2D eigenvalue weighted by molar-refractivity contribution is 0.628. The summed E-state index contributed by atoms with van der Waals surface area (Å²) < 4.78 is 14.2. The summed E-state index contributed by atoms with van der Waals surface area (Å²) in [5.74, 6) is -0.325. The quantitative estimate of drug-likeness (QED) is 0.670. The Morgan fingerprint density at radius 3 is 2.67 bits per heavy atom. The number of benzene rings is 2. The van der Waals surface area contributed by atoms with Gasteiger partial charge in [-0.05, 0) is 35.7 Å². The maximum atomic E-state index is 12.9. The molecule has 0 aliphatic carbocycles. The van der Waals surface area contributed by atoms with Crippen LogP contribution in [-0.2, 0) is 0 Å². The highest BCUT2D eigenvalue weighted by atomic mass is 32.1. The third-order valence-corrected chi connectivity index (χ3v) is 3.73. The molecule has 0 atom stereocenters. The zero-order chi connectivity index (χ0) is 12.5. The smallest absolute Gasteiger partial charge is 0.125 e. The van der Waals surface area contributed by atoms with Crippen molar-refractivity contribution >= 4 is 37.8 Å². The van der Waals surface area contributed by atoms with Crippen LogP contribution in [0.3, 0.4) is 0 Å². The molecule has 3 N–H and O–H groups in total. The number of nitrogen functional groups attached to an aromatic ring is 1. The third-order valence-electron chi connectivity index (χ3n) is 2.70. The molecule has 0 spiro atoms. The predicted octanol–water partition coefficient (Wildman–Crippen LogP) is 4.37. The van der Waals surface area contributed by atoms with Crippen molar-refractivity contribution in [2.75, 3.05) is 11.1 Å². The van der Waals surface area contributed by atoms with Crippen molar-refractivity contribution in [1.82, 2.24) is 0 Å². The van der Waals surface area contributed by atoms with Crippen LogP contribution in [0.2, 0.25) is 0 Å². The summed E-state index contributed by atoms with van der Waals surface area (Å²) >= 11 is 1.64. The molecule has 0 aliphatic rings. The normalized spacial score (nSPS) is 10.7. The van der Waals surface area contributed by atoms with E-state index in [1.165, 1.54) is 22.2 Å². The number of nitrogens with two attached hydrogens (primary N) is 1. The molecule has 90 valence electrons. The van der Waals surface area contributed by atoms with Gasteiger partial charge in [0.25, 0.3) is 0 Å². The lowest BCUT2D eigenvalue weighted by Gasteiger charge is -2.06. The first-order valence-electron chi connectivity index (χ1n) is 5.53. The Morgan fingerprint density at radius 1 is 1.06 bits per heavy atom. The number of nitrogens with one attached hydrogen (secondary N) is 1. The lowest BCUT2D eigenvalue weighted by atomic mass is 10.2. The summed E-state index contributed by atoms with van der Waals surface area (Å²) in [6, 6.07) is 14.6. The highest BCUT2D eigenvalue weighted by Crippen LogP contribution is 2.33. The minimum absolute atomic E-state index is 0.325. The van der Waals surface area contributed by atoms with Crippen molar-refractivity contribution < 1.29 is 4.39 Å². The Bertz CT molecular complexity index is 673. The van der Waals surface area contributed by atoms with Crippen LogP contribution < -0.4 is 11.1 Å². The molecule has 0 radical (unpaired) electrons. The van der Waals surface area contributed by atoms with Gasteiger partial charge in [0.15, 0.2) is 0 Å². The number of rotatable bonds is 2. The summed E-state index contributed by atoms with van der Waals surface area (Å²) in [6.45, 7) is 0. The number of fused-ring (bicyclic) bond motifs is 1. The minimum Gasteiger partial charge on any atom is -0.397 e. The SMILES string of the molecule is Nc1cc(F)ccc1Nc1cc2ccccc2s1. The average Bonchev–Trinajstić information content (AvgIpc) is 2.75. The molecular formula is C14H11FN2S. The Labute approximate surface area is 108 Å². The second kappa shape index (κ2) is 4.31. The molecule has 2 nitrogen and oxygen atoms in total. The molecule has 0 aliphatic heterocycles. The van der Waals surface area contributed by atoms with Crippen LogP contribution in [0.15, 0.2) is 48.5 Å². The highest BCUT2D eigenvalue weighted by molar-refractivity contribution is 7.22. The number of hydrogen-bond acceptors (Lipinski definition) is 3. The van der Waals surface area contributed by atoms with Crippen LogP contribution >= 0.6 is 11.3 Å². The van der Waals surface area contributed by atoms with Crippen LogP contribution in [-0.4, -0.2) is 0 Å². The molecule has 0 saturated carbocycles. The van der Waals surface area contributed by atoms with Gasteiger partial charge in [-0.2, -0.15) is 0 Å². The van der Waals surface area contributed by atoms with Crippen LogP contribution in [0.5, 0.6) is 0 Å². The molecule has 0 bridgehead atoms. The predicted molar refractivity (Wildman–Crippen MR) is 75.9 cm³/mol. The van der Waals surface area contributed by atoms with Gasteiger partial charge in [-0.3, -0.25) is 0 Å². The van der Waals surface area contributed by atoms with Gasteiger partial charge in [0.05, 0.1) is 16.4 Å². The van der Waals surface area contributed by atoms with E-state index in [-0.39, 0.29) is 5.82 Å². The Balaban J connectivity index is 1.96. The van der Waals surface area contributed by atoms with Gasteiger partial charge >= 0.3 is 0 Å². The van der Waals surface area contributed by atoms with Crippen LogP contribution in [0.25, 0.3) is 10.1 Å². The average molecular weight is 258 g/mol. The lowest BCUT2D eigenvalue weighted by Crippen LogP contribution is -1.95. The summed E-state index contributed by atoms with van der Waals surface area (Å²) in [5.41, 5.74) is 6.90. The van der Waals surface area contributed by atoms with E-state index in [9.17, 15) is 4.39 Å². The van der Waals surface area contributed by atoms with Crippen molar-refractivity contribution in [3.63, 3.8) is 0 Å². The molecule has 3 aromatic rings. The zero-order valence-corrected chi connectivity index (χ0v) is 10.3. The van der Waals surface area contributed by atoms with E-state index in [0.29, 0.717) is 5.69 Å². The van der Waals surface area contributed by atoms with Gasteiger partial charge in [0.1, 0.15) is 5.82 Å². The molecular weight excluding hydrogens is 247 g/mol. The molecule has 0 amide bonds. The summed E-state index contributed by atoms with van der Waals surface area (Å²) in [4.78, 5) is 0. The fraction of sp³-hybridized carbons (Fsp3) is 0. The van der Waals surface area contributed by atoms with Crippen molar-refractivity contribution in [3.8, 4) is 0 Å². The molecule has 2 aromatic carbocycles. The maximum absolute atomic E-state index is 12.9. The minimum atomic E-state index is -0.325. The van der Waals surface area contributed by atoms with Gasteiger partial charge in [-0.15, -0.1) is 11.3 Å². The molecule has 0 unspecified atom stereocenters. The highest BCUT2D eigenvalue weighted by Gasteiger charge is 2.04. The van der Waals surface area contributed by atoms with Crippen molar-refractivity contribution in [2.24, 2.45) is 0 Å². The Morgan fingerprint density at radius 2 is 1.89 bits per heavy atom. The van der Waals surface area contributed by atoms with E-state index >= 15 is 0 Å². The van der Waals surface area contributed by atoms with E-state index in [2.05, 4.69) is 23.5 Å². The second-order valence-electron chi connectivity index (χ2n) is 4.01. The summed E-state index contributed by atoms with van der Waals surface area (Å²) in [6.07, 6.45) is 0. The molecule has 0 saturated heterocycles. The fourth-order valence-electron chi connectivity index (χ4n) is 1.82. The molecule has 1 aromatic heterocycles. The first-order chi connectivity index (χ1) is 8.72. The molecule has 1 heterocycles. The zero-order valence-electron chi connectivity index (χ0n) is 9.48. The first kappa shape index (κ1) is 11.0. The van der Waals surface area contributed by atoms with Crippen LogP contribution in [0.1, 0.15) is 0 Å². The largest absolute Gasteiger partial charge is 0.397 e. The van der Waals surface area contributed by atoms with Crippen molar-refractivity contribution in [3.05, 3.63) is 54.3 Å². The standard InChI is InChI=1S/C14H11FN2S/c15-10-5-6-12(11(16)8-10)17-14-7-9-3-1-2-4-13(9)18-14/h1-8,17H,16H2. The van der Waals surface area contributed by atoms with Gasteiger partial charge in [0, 0.05) is 4.70 Å². The number of hydrogen-bond donors (Lipinski definition) is 2. The topological polar surface area (TPSA) is 38.0 Å². The van der Waals surface area contributed by atoms with E-state index in [1.807, 2.05) is 12.1 Å². The molecule has 0 fully saturated rings. The fourth-order valence-corrected chi connectivity index (χ4v) is 2.80. The Hall–Kier alpha value is -2.07. The summed E-state index contributed by atoms with van der Waals surface area (Å²) in [7, 11) is 0. The summed E-state index contributed by atoms with van der Waals surface area (Å²) in [5, 5.41) is 5.40. The van der Waals surface area contributed by atoms with Gasteiger partial charge in [-0.25, -0.2) is 4.39 Å². The van der Waals surface area contributed by atoms with Gasteiger partial charge in [-0.1, -0.05) is 18.2 Å². The number of anilines is 3. The van der Waals surface area contributed by atoms with E-state index < -0.39 is 0 Å². The Kier molecular flexibility index (Phi) is 2.64. The molecule has 3 rings (SSSR count). The van der Waals surface area contributed by atoms with Crippen LogP contribution in [0.4, 0.5) is 20.8 Å². The maximum Gasteiger partial charge on any atom is 0.125 e. The molecule has 4 heteroatoms. The monoisotopic (exact) mass is 258 g/mol. The van der Waals surface area contributed by atoms with Gasteiger partial charge in [0.2, 0.25) is 0 Å².